The maximum absolute atomic E-state index is 11.9. The summed E-state index contributed by atoms with van der Waals surface area (Å²) in [6.45, 7) is 2.85. The average Bonchev–Trinajstić information content (AvgIpc) is 2.44. The summed E-state index contributed by atoms with van der Waals surface area (Å²) in [6, 6.07) is 7.52. The van der Waals surface area contributed by atoms with Gasteiger partial charge in [-0.1, -0.05) is 31.5 Å². The number of carbonyl (C=O) groups is 1. The topological polar surface area (TPSA) is 58.6 Å². The molecule has 0 aromatic heterocycles. The van der Waals surface area contributed by atoms with Crippen molar-refractivity contribution >= 4 is 5.91 Å². The van der Waals surface area contributed by atoms with Gasteiger partial charge in [0.25, 0.3) is 0 Å². The van der Waals surface area contributed by atoms with E-state index < -0.39 is 0 Å². The van der Waals surface area contributed by atoms with Gasteiger partial charge in [0, 0.05) is 18.7 Å². The van der Waals surface area contributed by atoms with E-state index in [1.54, 1.807) is 7.11 Å². The lowest BCUT2D eigenvalue weighted by molar-refractivity contribution is -0.120. The Kier molecular flexibility index (Phi) is 6.97. The number of aliphatic hydroxyl groups excluding tert-OH is 1. The van der Waals surface area contributed by atoms with Crippen LogP contribution in [0.25, 0.3) is 0 Å². The number of nitrogens with one attached hydrogen (secondary N) is 1. The molecule has 0 heterocycles. The Bertz CT molecular complexity index is 393. The van der Waals surface area contributed by atoms with Crippen LogP contribution in [0, 0.1) is 5.92 Å². The van der Waals surface area contributed by atoms with Crippen LogP contribution in [0.15, 0.2) is 24.3 Å². The SMILES string of the molecule is CCC(CCO)CNC(=O)Cc1ccccc1OC. The van der Waals surface area contributed by atoms with Crippen LogP contribution in [0.2, 0.25) is 0 Å². The molecule has 0 bridgehead atoms. The maximum atomic E-state index is 11.9. The van der Waals surface area contributed by atoms with Gasteiger partial charge in [0.15, 0.2) is 0 Å². The number of methoxy groups -OCH3 is 1. The van der Waals surface area contributed by atoms with E-state index in [-0.39, 0.29) is 12.5 Å². The number of amides is 1. The minimum absolute atomic E-state index is 0.0131. The van der Waals surface area contributed by atoms with E-state index >= 15 is 0 Å². The Balaban J connectivity index is 2.46. The van der Waals surface area contributed by atoms with Gasteiger partial charge in [-0.15, -0.1) is 0 Å². The highest BCUT2D eigenvalue weighted by Gasteiger charge is 2.10. The van der Waals surface area contributed by atoms with E-state index in [0.717, 1.165) is 24.2 Å². The zero-order chi connectivity index (χ0) is 14.1. The number of hydrogen-bond acceptors (Lipinski definition) is 3. The van der Waals surface area contributed by atoms with E-state index in [0.29, 0.717) is 18.9 Å². The zero-order valence-corrected chi connectivity index (χ0v) is 11.7. The molecule has 4 nitrogen and oxygen atoms in total. The Labute approximate surface area is 114 Å². The molecule has 2 N–H and O–H groups in total. The Morgan fingerprint density at radius 2 is 2.16 bits per heavy atom. The maximum Gasteiger partial charge on any atom is 0.224 e. The van der Waals surface area contributed by atoms with Crippen molar-refractivity contribution in [1.82, 2.24) is 5.32 Å². The summed E-state index contributed by atoms with van der Waals surface area (Å²) in [5.41, 5.74) is 0.887. The van der Waals surface area contributed by atoms with Gasteiger partial charge in [-0.2, -0.15) is 0 Å². The highest BCUT2D eigenvalue weighted by Crippen LogP contribution is 2.17. The average molecular weight is 265 g/mol. The molecule has 0 saturated heterocycles. The van der Waals surface area contributed by atoms with Gasteiger partial charge in [0.2, 0.25) is 5.91 Å². The third kappa shape index (κ3) is 5.30. The van der Waals surface area contributed by atoms with Crippen molar-refractivity contribution < 1.29 is 14.6 Å². The normalized spacial score (nSPS) is 11.9. The smallest absolute Gasteiger partial charge is 0.224 e. The third-order valence-electron chi connectivity index (χ3n) is 3.25. The van der Waals surface area contributed by atoms with Crippen LogP contribution >= 0.6 is 0 Å². The minimum Gasteiger partial charge on any atom is -0.496 e. The van der Waals surface area contributed by atoms with E-state index in [1.807, 2.05) is 24.3 Å². The summed E-state index contributed by atoms with van der Waals surface area (Å²) in [6.07, 6.45) is 2.00. The van der Waals surface area contributed by atoms with Crippen molar-refractivity contribution in [1.29, 1.82) is 0 Å². The number of ether oxygens (including phenoxy) is 1. The summed E-state index contributed by atoms with van der Waals surface area (Å²) >= 11 is 0. The number of para-hydroxylation sites is 1. The molecule has 0 aliphatic heterocycles. The molecule has 1 amide bonds. The van der Waals surface area contributed by atoms with Crippen molar-refractivity contribution in [2.75, 3.05) is 20.3 Å². The van der Waals surface area contributed by atoms with Gasteiger partial charge >= 0.3 is 0 Å². The highest BCUT2D eigenvalue weighted by atomic mass is 16.5. The van der Waals surface area contributed by atoms with Gasteiger partial charge in [-0.3, -0.25) is 4.79 Å². The lowest BCUT2D eigenvalue weighted by Crippen LogP contribution is -2.30. The standard InChI is InChI=1S/C15H23NO3/c1-3-12(8-9-17)11-16-15(18)10-13-6-4-5-7-14(13)19-2/h4-7,12,17H,3,8-11H2,1-2H3,(H,16,18). The van der Waals surface area contributed by atoms with Crippen LogP contribution in [-0.4, -0.2) is 31.3 Å². The second kappa shape index (κ2) is 8.53. The van der Waals surface area contributed by atoms with Crippen LogP contribution in [0.1, 0.15) is 25.3 Å². The first-order valence-electron chi connectivity index (χ1n) is 6.70. The Hall–Kier alpha value is -1.55. The fourth-order valence-electron chi connectivity index (χ4n) is 1.98. The van der Waals surface area contributed by atoms with Crippen LogP contribution in [0.5, 0.6) is 5.75 Å². The molecule has 1 aromatic rings. The fraction of sp³-hybridized carbons (Fsp3) is 0.533. The summed E-state index contributed by atoms with van der Waals surface area (Å²) in [5.74, 6) is 1.06. The molecule has 0 aliphatic rings. The van der Waals surface area contributed by atoms with Gasteiger partial charge < -0.3 is 15.2 Å². The molecule has 4 heteroatoms. The van der Waals surface area contributed by atoms with Crippen LogP contribution in [-0.2, 0) is 11.2 Å². The predicted octanol–water partition coefficient (Wildman–Crippen LogP) is 1.76. The van der Waals surface area contributed by atoms with Crippen molar-refractivity contribution in [3.8, 4) is 5.75 Å². The Morgan fingerprint density at radius 3 is 2.79 bits per heavy atom. The van der Waals surface area contributed by atoms with Crippen LogP contribution in [0.4, 0.5) is 0 Å². The van der Waals surface area contributed by atoms with Crippen molar-refractivity contribution in [3.05, 3.63) is 29.8 Å². The van der Waals surface area contributed by atoms with Gasteiger partial charge in [-0.05, 0) is 18.4 Å². The summed E-state index contributed by atoms with van der Waals surface area (Å²) in [5, 5.41) is 11.8. The van der Waals surface area contributed by atoms with E-state index in [4.69, 9.17) is 9.84 Å². The molecule has 0 radical (unpaired) electrons. The van der Waals surface area contributed by atoms with Crippen molar-refractivity contribution in [2.24, 2.45) is 5.92 Å². The number of carbonyl (C=O) groups excluding carboxylic acids is 1. The van der Waals surface area contributed by atoms with Crippen LogP contribution in [0.3, 0.4) is 0 Å². The van der Waals surface area contributed by atoms with Gasteiger partial charge in [0.05, 0.1) is 13.5 Å². The number of benzene rings is 1. The highest BCUT2D eigenvalue weighted by molar-refractivity contribution is 5.79. The first-order valence-corrected chi connectivity index (χ1v) is 6.70. The van der Waals surface area contributed by atoms with E-state index in [1.165, 1.54) is 0 Å². The lowest BCUT2D eigenvalue weighted by atomic mass is 10.0. The second-order valence-corrected chi connectivity index (χ2v) is 4.58. The largest absolute Gasteiger partial charge is 0.496 e. The molecule has 19 heavy (non-hydrogen) atoms. The first kappa shape index (κ1) is 15.5. The zero-order valence-electron chi connectivity index (χ0n) is 11.7. The monoisotopic (exact) mass is 265 g/mol. The summed E-state index contributed by atoms with van der Waals surface area (Å²) in [4.78, 5) is 11.9. The molecule has 1 rings (SSSR count). The van der Waals surface area contributed by atoms with Crippen molar-refractivity contribution in [2.45, 2.75) is 26.2 Å². The third-order valence-corrected chi connectivity index (χ3v) is 3.25. The molecule has 0 spiro atoms. The first-order chi connectivity index (χ1) is 9.21. The molecule has 1 aromatic carbocycles. The van der Waals surface area contributed by atoms with Crippen molar-refractivity contribution in [3.63, 3.8) is 0 Å². The molecular weight excluding hydrogens is 242 g/mol. The second-order valence-electron chi connectivity index (χ2n) is 4.58. The minimum atomic E-state index is -0.0131. The predicted molar refractivity (Wildman–Crippen MR) is 75.2 cm³/mol. The summed E-state index contributed by atoms with van der Waals surface area (Å²) in [7, 11) is 1.60. The molecule has 0 saturated carbocycles. The number of hydrogen-bond donors (Lipinski definition) is 2. The molecule has 106 valence electrons. The van der Waals surface area contributed by atoms with Crippen LogP contribution < -0.4 is 10.1 Å². The molecule has 0 aliphatic carbocycles. The van der Waals surface area contributed by atoms with Gasteiger partial charge in [0.1, 0.15) is 5.75 Å². The molecular formula is C15H23NO3. The lowest BCUT2D eigenvalue weighted by Gasteiger charge is -2.14. The molecule has 0 fully saturated rings. The number of aliphatic hydroxyl groups is 1. The van der Waals surface area contributed by atoms with Gasteiger partial charge in [-0.25, -0.2) is 0 Å². The summed E-state index contributed by atoms with van der Waals surface area (Å²) < 4.78 is 5.22. The molecule has 1 unspecified atom stereocenters. The fourth-order valence-corrected chi connectivity index (χ4v) is 1.98. The molecule has 1 atom stereocenters. The van der Waals surface area contributed by atoms with E-state index in [2.05, 4.69) is 12.2 Å². The number of rotatable bonds is 8. The Morgan fingerprint density at radius 1 is 1.42 bits per heavy atom. The quantitative estimate of drug-likeness (QED) is 0.753. The van der Waals surface area contributed by atoms with E-state index in [9.17, 15) is 4.79 Å².